The highest BCUT2D eigenvalue weighted by molar-refractivity contribution is 5.75. The molecule has 0 aliphatic heterocycles. The van der Waals surface area contributed by atoms with Crippen molar-refractivity contribution in [2.24, 2.45) is 11.3 Å². The molecule has 0 amide bonds. The summed E-state index contributed by atoms with van der Waals surface area (Å²) in [6, 6.07) is 0. The van der Waals surface area contributed by atoms with Crippen LogP contribution in [0.3, 0.4) is 0 Å². The lowest BCUT2D eigenvalue weighted by Gasteiger charge is -2.35. The summed E-state index contributed by atoms with van der Waals surface area (Å²) in [5.41, 5.74) is -0.763. The lowest BCUT2D eigenvalue weighted by molar-refractivity contribution is -0.155. The fourth-order valence-corrected chi connectivity index (χ4v) is 2.90. The molecule has 0 aliphatic rings. The monoisotopic (exact) mass is 286 g/mol. The van der Waals surface area contributed by atoms with Crippen LogP contribution in [0.5, 0.6) is 0 Å². The number of carboxylic acids is 1. The molecular weight excluding hydrogens is 252 g/mol. The summed E-state index contributed by atoms with van der Waals surface area (Å²) < 4.78 is 0. The number of unbranched alkanes of at least 4 members (excludes halogenated alkanes) is 4. The maximum atomic E-state index is 11.8. The van der Waals surface area contributed by atoms with Crippen LogP contribution in [0, 0.1) is 11.3 Å². The number of aliphatic carboxylic acids is 1. The number of carbonyl (C=O) groups is 1. The van der Waals surface area contributed by atoms with Gasteiger partial charge in [0.1, 0.15) is 0 Å². The van der Waals surface area contributed by atoms with E-state index < -0.39 is 17.5 Å². The summed E-state index contributed by atoms with van der Waals surface area (Å²) in [5, 5.41) is 19.9. The first-order chi connectivity index (χ1) is 9.40. The Morgan fingerprint density at radius 2 is 1.65 bits per heavy atom. The van der Waals surface area contributed by atoms with Gasteiger partial charge in [0.25, 0.3) is 0 Å². The molecule has 0 rings (SSSR count). The molecule has 0 saturated heterocycles. The average Bonchev–Trinajstić information content (AvgIpc) is 2.39. The highest BCUT2D eigenvalue weighted by atomic mass is 16.4. The van der Waals surface area contributed by atoms with Crippen LogP contribution in [0.2, 0.25) is 0 Å². The Labute approximate surface area is 124 Å². The van der Waals surface area contributed by atoms with Gasteiger partial charge in [0.2, 0.25) is 0 Å². The normalized spacial score (nSPS) is 16.1. The van der Waals surface area contributed by atoms with E-state index in [9.17, 15) is 15.0 Å². The molecule has 0 aromatic carbocycles. The van der Waals surface area contributed by atoms with Gasteiger partial charge < -0.3 is 10.2 Å². The summed E-state index contributed by atoms with van der Waals surface area (Å²) in [7, 11) is 0. The molecule has 0 aromatic heterocycles. The first-order valence-electron chi connectivity index (χ1n) is 8.32. The number of carboxylic acid groups (broad SMARTS) is 1. The quantitative estimate of drug-likeness (QED) is 0.514. The Morgan fingerprint density at radius 1 is 1.05 bits per heavy atom. The van der Waals surface area contributed by atoms with Crippen molar-refractivity contribution >= 4 is 5.97 Å². The first kappa shape index (κ1) is 19.4. The molecule has 0 saturated carbocycles. The molecule has 120 valence electrons. The summed E-state index contributed by atoms with van der Waals surface area (Å²) in [5.74, 6) is -0.683. The minimum Gasteiger partial charge on any atom is -0.481 e. The molecule has 2 unspecified atom stereocenters. The second-order valence-electron chi connectivity index (χ2n) is 6.43. The second kappa shape index (κ2) is 10.2. The largest absolute Gasteiger partial charge is 0.481 e. The molecule has 0 spiro atoms. The highest BCUT2D eigenvalue weighted by Crippen LogP contribution is 2.39. The molecule has 0 bridgehead atoms. The Balaban J connectivity index is 4.71. The van der Waals surface area contributed by atoms with E-state index in [2.05, 4.69) is 13.8 Å². The van der Waals surface area contributed by atoms with Crippen LogP contribution in [0.1, 0.15) is 85.5 Å². The van der Waals surface area contributed by atoms with E-state index >= 15 is 0 Å². The van der Waals surface area contributed by atoms with Gasteiger partial charge in [-0.25, -0.2) is 0 Å². The Kier molecular flexibility index (Phi) is 9.91. The third-order valence-electron chi connectivity index (χ3n) is 4.50. The molecule has 0 aliphatic carbocycles. The van der Waals surface area contributed by atoms with Crippen molar-refractivity contribution < 1.29 is 15.0 Å². The Morgan fingerprint density at radius 3 is 2.10 bits per heavy atom. The molecule has 0 aromatic rings. The van der Waals surface area contributed by atoms with Crippen molar-refractivity contribution in [1.82, 2.24) is 0 Å². The topological polar surface area (TPSA) is 57.5 Å². The Hall–Kier alpha value is -0.570. The lowest BCUT2D eigenvalue weighted by atomic mass is 9.69. The van der Waals surface area contributed by atoms with Gasteiger partial charge >= 0.3 is 5.97 Å². The number of rotatable bonds is 12. The minimum absolute atomic E-state index is 0.0536. The maximum Gasteiger partial charge on any atom is 0.309 e. The van der Waals surface area contributed by atoms with E-state index in [1.807, 2.05) is 13.8 Å². The molecule has 0 fully saturated rings. The molecule has 2 N–H and O–H groups in total. The van der Waals surface area contributed by atoms with E-state index in [0.29, 0.717) is 19.3 Å². The number of hydrogen-bond donors (Lipinski definition) is 2. The summed E-state index contributed by atoms with van der Waals surface area (Å²) in [6.07, 6.45) is 7.65. The third-order valence-corrected chi connectivity index (χ3v) is 4.50. The van der Waals surface area contributed by atoms with Crippen LogP contribution in [-0.2, 0) is 4.79 Å². The number of aliphatic hydroxyl groups excluding tert-OH is 1. The van der Waals surface area contributed by atoms with Gasteiger partial charge in [0.05, 0.1) is 11.5 Å². The lowest BCUT2D eigenvalue weighted by Crippen LogP contribution is -2.39. The Bertz CT molecular complexity index is 263. The number of aliphatic hydroxyl groups is 1. The summed E-state index contributed by atoms with van der Waals surface area (Å²) in [6.45, 7) is 8.19. The van der Waals surface area contributed by atoms with Crippen molar-refractivity contribution in [2.75, 3.05) is 0 Å². The van der Waals surface area contributed by atoms with Gasteiger partial charge in [0, 0.05) is 0 Å². The third kappa shape index (κ3) is 6.25. The highest BCUT2D eigenvalue weighted by Gasteiger charge is 2.42. The molecule has 0 radical (unpaired) electrons. The predicted molar refractivity (Wildman–Crippen MR) is 83.8 cm³/mol. The van der Waals surface area contributed by atoms with Crippen molar-refractivity contribution in [3.05, 3.63) is 0 Å². The van der Waals surface area contributed by atoms with Crippen molar-refractivity contribution in [1.29, 1.82) is 0 Å². The zero-order valence-corrected chi connectivity index (χ0v) is 13.8. The number of hydrogen-bond acceptors (Lipinski definition) is 2. The van der Waals surface area contributed by atoms with Crippen LogP contribution in [0.25, 0.3) is 0 Å². The summed E-state index contributed by atoms with van der Waals surface area (Å²) >= 11 is 0. The molecule has 0 heterocycles. The van der Waals surface area contributed by atoms with Gasteiger partial charge in [0.15, 0.2) is 0 Å². The van der Waals surface area contributed by atoms with Crippen LogP contribution < -0.4 is 0 Å². The smallest absolute Gasteiger partial charge is 0.309 e. The SMILES string of the molecule is CCCCCCC(CC(O)CCCC)(C(=O)O)C(C)C. The minimum atomic E-state index is -0.763. The van der Waals surface area contributed by atoms with Crippen molar-refractivity contribution in [3.63, 3.8) is 0 Å². The molecule has 20 heavy (non-hydrogen) atoms. The zero-order valence-electron chi connectivity index (χ0n) is 13.8. The van der Waals surface area contributed by atoms with Crippen LogP contribution in [-0.4, -0.2) is 22.3 Å². The van der Waals surface area contributed by atoms with Gasteiger partial charge in [-0.15, -0.1) is 0 Å². The molecule has 2 atom stereocenters. The van der Waals surface area contributed by atoms with Gasteiger partial charge in [-0.1, -0.05) is 66.2 Å². The molecular formula is C17H34O3. The van der Waals surface area contributed by atoms with Crippen LogP contribution in [0.15, 0.2) is 0 Å². The first-order valence-corrected chi connectivity index (χ1v) is 8.32. The second-order valence-corrected chi connectivity index (χ2v) is 6.43. The van der Waals surface area contributed by atoms with E-state index in [4.69, 9.17) is 0 Å². The van der Waals surface area contributed by atoms with E-state index in [0.717, 1.165) is 38.5 Å². The van der Waals surface area contributed by atoms with Crippen molar-refractivity contribution in [3.8, 4) is 0 Å². The molecule has 3 heteroatoms. The molecule has 3 nitrogen and oxygen atoms in total. The van der Waals surface area contributed by atoms with Crippen LogP contribution >= 0.6 is 0 Å². The van der Waals surface area contributed by atoms with E-state index in [-0.39, 0.29) is 5.92 Å². The van der Waals surface area contributed by atoms with Gasteiger partial charge in [-0.05, 0) is 25.2 Å². The van der Waals surface area contributed by atoms with Crippen molar-refractivity contribution in [2.45, 2.75) is 91.6 Å². The van der Waals surface area contributed by atoms with E-state index in [1.165, 1.54) is 0 Å². The average molecular weight is 286 g/mol. The standard InChI is InChI=1S/C17H34O3/c1-5-7-9-10-12-17(14(3)4,16(19)20)13-15(18)11-8-6-2/h14-15,18H,5-13H2,1-4H3,(H,19,20). The zero-order chi connectivity index (χ0) is 15.6. The van der Waals surface area contributed by atoms with Crippen LogP contribution in [0.4, 0.5) is 0 Å². The van der Waals surface area contributed by atoms with E-state index in [1.54, 1.807) is 0 Å². The summed E-state index contributed by atoms with van der Waals surface area (Å²) in [4.78, 5) is 11.8. The fourth-order valence-electron chi connectivity index (χ4n) is 2.90. The van der Waals surface area contributed by atoms with Gasteiger partial charge in [-0.2, -0.15) is 0 Å². The fraction of sp³-hybridized carbons (Fsp3) is 0.941. The van der Waals surface area contributed by atoms with Gasteiger partial charge in [-0.3, -0.25) is 4.79 Å². The maximum absolute atomic E-state index is 11.8. The predicted octanol–water partition coefficient (Wildman–Crippen LogP) is 4.63.